The standard InChI is InChI=1S/C15H24/c1-11(2)13-7-9-15(4)8-5-6-12(3)14(15)10-13/h13H,1,5-10H2,2-4H3/t13-,15+/m1/s1. The Bertz CT molecular complexity index is 308. The van der Waals surface area contributed by atoms with E-state index in [-0.39, 0.29) is 0 Å². The molecule has 15 heavy (non-hydrogen) atoms. The third kappa shape index (κ3) is 1.91. The highest BCUT2D eigenvalue weighted by Crippen LogP contribution is 2.51. The van der Waals surface area contributed by atoms with Gasteiger partial charge in [-0.1, -0.05) is 30.2 Å². The molecule has 0 nitrogen and oxygen atoms in total. The number of hydrogen-bond acceptors (Lipinski definition) is 0. The van der Waals surface area contributed by atoms with E-state index in [1.807, 2.05) is 0 Å². The van der Waals surface area contributed by atoms with Crippen LogP contribution >= 0.6 is 0 Å². The highest BCUT2D eigenvalue weighted by atomic mass is 14.4. The molecule has 0 amide bonds. The molecular weight excluding hydrogens is 180 g/mol. The number of rotatable bonds is 1. The van der Waals surface area contributed by atoms with Crippen LogP contribution in [0.25, 0.3) is 0 Å². The fourth-order valence-electron chi connectivity index (χ4n) is 3.52. The molecule has 2 rings (SSSR count). The highest BCUT2D eigenvalue weighted by Gasteiger charge is 2.37. The van der Waals surface area contributed by atoms with Crippen LogP contribution in [0.1, 0.15) is 59.3 Å². The number of hydrogen-bond donors (Lipinski definition) is 0. The molecule has 0 saturated heterocycles. The van der Waals surface area contributed by atoms with Gasteiger partial charge in [-0.2, -0.15) is 0 Å². The van der Waals surface area contributed by atoms with Crippen LogP contribution in [0.4, 0.5) is 0 Å². The molecular formula is C15H24. The van der Waals surface area contributed by atoms with Gasteiger partial charge in [0.15, 0.2) is 0 Å². The molecule has 2 atom stereocenters. The lowest BCUT2D eigenvalue weighted by Crippen LogP contribution is -2.30. The summed E-state index contributed by atoms with van der Waals surface area (Å²) in [4.78, 5) is 0. The maximum absolute atomic E-state index is 4.14. The number of fused-ring (bicyclic) bond motifs is 1. The monoisotopic (exact) mass is 204 g/mol. The highest BCUT2D eigenvalue weighted by molar-refractivity contribution is 5.27. The molecule has 0 aromatic carbocycles. The van der Waals surface area contributed by atoms with E-state index in [1.165, 1.54) is 44.1 Å². The van der Waals surface area contributed by atoms with Gasteiger partial charge < -0.3 is 0 Å². The van der Waals surface area contributed by atoms with Crippen molar-refractivity contribution in [1.29, 1.82) is 0 Å². The van der Waals surface area contributed by atoms with E-state index in [2.05, 4.69) is 27.4 Å². The summed E-state index contributed by atoms with van der Waals surface area (Å²) in [7, 11) is 0. The van der Waals surface area contributed by atoms with Gasteiger partial charge in [0, 0.05) is 0 Å². The topological polar surface area (TPSA) is 0 Å². The van der Waals surface area contributed by atoms with Gasteiger partial charge in [0.1, 0.15) is 0 Å². The fourth-order valence-corrected chi connectivity index (χ4v) is 3.52. The van der Waals surface area contributed by atoms with Crippen molar-refractivity contribution >= 4 is 0 Å². The smallest absolute Gasteiger partial charge is 0.0113 e. The average Bonchev–Trinajstić information content (AvgIpc) is 2.17. The van der Waals surface area contributed by atoms with E-state index in [9.17, 15) is 0 Å². The quantitative estimate of drug-likeness (QED) is 0.535. The summed E-state index contributed by atoms with van der Waals surface area (Å²) >= 11 is 0. The average molecular weight is 204 g/mol. The van der Waals surface area contributed by atoms with Crippen LogP contribution in [-0.2, 0) is 0 Å². The zero-order valence-corrected chi connectivity index (χ0v) is 10.5. The molecule has 0 heterocycles. The minimum Gasteiger partial charge on any atom is -0.0998 e. The molecule has 0 unspecified atom stereocenters. The van der Waals surface area contributed by atoms with E-state index in [1.54, 1.807) is 11.1 Å². The van der Waals surface area contributed by atoms with Crippen LogP contribution in [-0.4, -0.2) is 0 Å². The van der Waals surface area contributed by atoms with Crippen LogP contribution in [0.2, 0.25) is 0 Å². The lowest BCUT2D eigenvalue weighted by molar-refractivity contribution is 0.229. The van der Waals surface area contributed by atoms with Crippen molar-refractivity contribution in [2.45, 2.75) is 59.3 Å². The molecule has 0 aromatic rings. The molecule has 0 N–H and O–H groups in total. The Hall–Kier alpha value is -0.520. The molecule has 84 valence electrons. The first kappa shape index (κ1) is 11.0. The van der Waals surface area contributed by atoms with Crippen LogP contribution in [0.15, 0.2) is 23.3 Å². The van der Waals surface area contributed by atoms with Crippen molar-refractivity contribution in [3.8, 4) is 0 Å². The Morgan fingerprint density at radius 2 is 2.13 bits per heavy atom. The van der Waals surface area contributed by atoms with Crippen LogP contribution in [0, 0.1) is 11.3 Å². The first-order chi connectivity index (χ1) is 7.03. The third-order valence-electron chi connectivity index (χ3n) is 4.72. The SMILES string of the molecule is C=C(C)[C@@H]1CC[C@]2(C)CCCC(C)=C2C1. The van der Waals surface area contributed by atoms with Gasteiger partial charge in [-0.25, -0.2) is 0 Å². The van der Waals surface area contributed by atoms with Crippen molar-refractivity contribution in [3.63, 3.8) is 0 Å². The second-order valence-electron chi connectivity index (χ2n) is 5.96. The maximum atomic E-state index is 4.14. The van der Waals surface area contributed by atoms with Crippen molar-refractivity contribution in [2.24, 2.45) is 11.3 Å². The van der Waals surface area contributed by atoms with Crippen LogP contribution in [0.5, 0.6) is 0 Å². The van der Waals surface area contributed by atoms with E-state index in [0.29, 0.717) is 5.41 Å². The van der Waals surface area contributed by atoms with E-state index in [4.69, 9.17) is 0 Å². The second-order valence-corrected chi connectivity index (χ2v) is 5.96. The summed E-state index contributed by atoms with van der Waals surface area (Å²) in [5.41, 5.74) is 5.42. The van der Waals surface area contributed by atoms with Crippen molar-refractivity contribution in [1.82, 2.24) is 0 Å². The molecule has 0 heteroatoms. The lowest BCUT2D eigenvalue weighted by Gasteiger charge is -2.44. The molecule has 1 fully saturated rings. The van der Waals surface area contributed by atoms with Crippen LogP contribution < -0.4 is 0 Å². The van der Waals surface area contributed by atoms with Gasteiger partial charge in [-0.15, -0.1) is 0 Å². The van der Waals surface area contributed by atoms with Gasteiger partial charge in [-0.05, 0) is 63.7 Å². The fraction of sp³-hybridized carbons (Fsp3) is 0.733. The van der Waals surface area contributed by atoms with Gasteiger partial charge in [0.05, 0.1) is 0 Å². The molecule has 0 aliphatic heterocycles. The Labute approximate surface area is 94.5 Å². The minimum absolute atomic E-state index is 0.550. The Balaban J connectivity index is 2.26. The number of allylic oxidation sites excluding steroid dienone is 3. The molecule has 0 radical (unpaired) electrons. The summed E-state index contributed by atoms with van der Waals surface area (Å²) in [6, 6.07) is 0. The molecule has 0 spiro atoms. The summed E-state index contributed by atoms with van der Waals surface area (Å²) < 4.78 is 0. The first-order valence-corrected chi connectivity index (χ1v) is 6.37. The van der Waals surface area contributed by atoms with Gasteiger partial charge in [-0.3, -0.25) is 0 Å². The van der Waals surface area contributed by atoms with Crippen molar-refractivity contribution in [2.75, 3.05) is 0 Å². The normalized spacial score (nSPS) is 36.3. The van der Waals surface area contributed by atoms with Crippen molar-refractivity contribution in [3.05, 3.63) is 23.3 Å². The third-order valence-corrected chi connectivity index (χ3v) is 4.72. The zero-order valence-electron chi connectivity index (χ0n) is 10.5. The van der Waals surface area contributed by atoms with Crippen LogP contribution in [0.3, 0.4) is 0 Å². The predicted octanol–water partition coefficient (Wildman–Crippen LogP) is 4.87. The minimum atomic E-state index is 0.550. The maximum Gasteiger partial charge on any atom is -0.0113 e. The molecule has 2 aliphatic carbocycles. The summed E-state index contributed by atoms with van der Waals surface area (Å²) in [6.45, 7) is 11.2. The Morgan fingerprint density at radius 1 is 1.40 bits per heavy atom. The van der Waals surface area contributed by atoms with E-state index >= 15 is 0 Å². The summed E-state index contributed by atoms with van der Waals surface area (Å²) in [6.07, 6.45) is 8.22. The Kier molecular flexibility index (Phi) is 2.79. The van der Waals surface area contributed by atoms with Crippen molar-refractivity contribution < 1.29 is 0 Å². The summed E-state index contributed by atoms with van der Waals surface area (Å²) in [5, 5.41) is 0. The largest absolute Gasteiger partial charge is 0.0998 e. The summed E-state index contributed by atoms with van der Waals surface area (Å²) in [5.74, 6) is 0.765. The first-order valence-electron chi connectivity index (χ1n) is 6.37. The molecule has 2 aliphatic rings. The van der Waals surface area contributed by atoms with E-state index in [0.717, 1.165) is 5.92 Å². The van der Waals surface area contributed by atoms with Gasteiger partial charge in [0.2, 0.25) is 0 Å². The van der Waals surface area contributed by atoms with Gasteiger partial charge >= 0.3 is 0 Å². The second kappa shape index (κ2) is 3.81. The molecule has 0 bridgehead atoms. The Morgan fingerprint density at radius 3 is 2.80 bits per heavy atom. The lowest BCUT2D eigenvalue weighted by atomic mass is 9.61. The van der Waals surface area contributed by atoms with E-state index < -0.39 is 0 Å². The molecule has 0 aromatic heterocycles. The zero-order chi connectivity index (χ0) is 11.1. The molecule has 1 saturated carbocycles. The predicted molar refractivity (Wildman–Crippen MR) is 66.8 cm³/mol. The van der Waals surface area contributed by atoms with Gasteiger partial charge in [0.25, 0.3) is 0 Å².